The van der Waals surface area contributed by atoms with Gasteiger partial charge < -0.3 is 50.0 Å². The summed E-state index contributed by atoms with van der Waals surface area (Å²) < 4.78 is 14.4. The van der Waals surface area contributed by atoms with Crippen LogP contribution in [0.4, 0.5) is 61.3 Å². The van der Waals surface area contributed by atoms with Gasteiger partial charge in [0.2, 0.25) is 0 Å². The number of aliphatic hydroxyl groups excluding tert-OH is 5. The zero-order valence-corrected chi connectivity index (χ0v) is 46.4. The van der Waals surface area contributed by atoms with Crippen molar-refractivity contribution in [2.75, 3.05) is 89.9 Å². The Labute approximate surface area is 473 Å². The molecule has 5 aromatic rings. The molecular weight excluding hydrogens is 1160 g/mol. The number of β-amino-alcohol motifs (C(OH)–C–C–N with tert-alkyl or cyclic N) is 5. The number of hydrogen-bond donors (Lipinski definition) is 5. The SMILES string of the molecule is Cc1cc(N2CCC(O)C2)c(I)cc1[N+](=O)[O-].Cc1cc(N2CCC(O)C2)ccc1[N+](=O)[O-].Cc1cc([N+](=O)[O-])ccc1N1CCC(O)C1.O=[N+]([O-])c1ccc(N2CCC(O)C2)c(F)c1.O=[N+]([O-])c1ccc(N2CCC(O)C2)cc1. The lowest BCUT2D eigenvalue weighted by atomic mass is 10.1. The van der Waals surface area contributed by atoms with Gasteiger partial charge in [-0.15, -0.1) is 0 Å². The zero-order chi connectivity index (χ0) is 58.5. The van der Waals surface area contributed by atoms with E-state index in [4.69, 9.17) is 0 Å². The number of nitro benzene ring substituents is 5. The second kappa shape index (κ2) is 28.1. The zero-order valence-electron chi connectivity index (χ0n) is 44.2. The first kappa shape index (κ1) is 61.8. The van der Waals surface area contributed by atoms with E-state index < -0.39 is 26.7 Å². The minimum Gasteiger partial charge on any atom is -0.391 e. The molecule has 0 saturated carbocycles. The molecule has 5 aromatic carbocycles. The summed E-state index contributed by atoms with van der Waals surface area (Å²) in [5.41, 5.74) is 6.56. The Morgan fingerprint density at radius 3 is 1.19 bits per heavy atom. The number of rotatable bonds is 10. The van der Waals surface area contributed by atoms with Gasteiger partial charge in [-0.3, -0.25) is 50.6 Å². The molecule has 0 radical (unpaired) electrons. The topological polar surface area (TPSA) is 333 Å². The molecule has 5 atom stereocenters. The van der Waals surface area contributed by atoms with Crippen molar-refractivity contribution >= 4 is 79.5 Å². The fourth-order valence-corrected chi connectivity index (χ4v) is 10.5. The predicted molar refractivity (Wildman–Crippen MR) is 307 cm³/mol. The van der Waals surface area contributed by atoms with Crippen molar-refractivity contribution in [3.8, 4) is 0 Å². The molecule has 5 fully saturated rings. The maximum absolute atomic E-state index is 13.6. The van der Waals surface area contributed by atoms with Crippen LogP contribution in [0.15, 0.2) is 91.0 Å². The number of aryl methyl sites for hydroxylation is 3. The van der Waals surface area contributed by atoms with Crippen LogP contribution >= 0.6 is 22.6 Å². The van der Waals surface area contributed by atoms with Gasteiger partial charge in [-0.1, -0.05) is 0 Å². The van der Waals surface area contributed by atoms with Crippen molar-refractivity contribution in [2.45, 2.75) is 83.4 Å². The lowest BCUT2D eigenvalue weighted by molar-refractivity contribution is -0.385. The monoisotopic (exact) mass is 1230 g/mol. The molecule has 5 aliphatic heterocycles. The minimum absolute atomic E-state index is 0.0958. The van der Waals surface area contributed by atoms with Crippen molar-refractivity contribution in [1.82, 2.24) is 0 Å². The van der Waals surface area contributed by atoms with Crippen LogP contribution in [0, 0.1) is 80.7 Å². The highest BCUT2D eigenvalue weighted by molar-refractivity contribution is 14.1. The molecule has 0 spiro atoms. The van der Waals surface area contributed by atoms with E-state index in [1.165, 1.54) is 36.4 Å². The Morgan fingerprint density at radius 2 is 0.787 bits per heavy atom. The van der Waals surface area contributed by atoms with Crippen molar-refractivity contribution < 1.29 is 54.5 Å². The highest BCUT2D eigenvalue weighted by Gasteiger charge is 2.27. The van der Waals surface area contributed by atoms with Gasteiger partial charge in [0.05, 0.1) is 72.6 Å². The van der Waals surface area contributed by atoms with Crippen LogP contribution in [0.3, 0.4) is 0 Å². The summed E-state index contributed by atoms with van der Waals surface area (Å²) in [7, 11) is 0. The predicted octanol–water partition coefficient (Wildman–Crippen LogP) is 7.50. The molecule has 80 heavy (non-hydrogen) atoms. The smallest absolute Gasteiger partial charge is 0.273 e. The van der Waals surface area contributed by atoms with E-state index in [2.05, 4.69) is 32.4 Å². The Kier molecular flexibility index (Phi) is 21.7. The number of halogens is 2. The summed E-state index contributed by atoms with van der Waals surface area (Å²) >= 11 is 2.11. The van der Waals surface area contributed by atoms with Crippen LogP contribution < -0.4 is 24.5 Å². The first-order chi connectivity index (χ1) is 37.9. The van der Waals surface area contributed by atoms with E-state index in [9.17, 15) is 80.5 Å². The summed E-state index contributed by atoms with van der Waals surface area (Å²) in [4.78, 5) is 60.6. The molecule has 27 heteroatoms. The molecule has 0 aromatic heterocycles. The van der Waals surface area contributed by atoms with Gasteiger partial charge in [0, 0.05) is 140 Å². The number of hydrogen-bond acceptors (Lipinski definition) is 20. The van der Waals surface area contributed by atoms with E-state index in [0.29, 0.717) is 62.5 Å². The number of aliphatic hydroxyl groups is 5. The van der Waals surface area contributed by atoms with Gasteiger partial charge in [0.25, 0.3) is 28.4 Å². The summed E-state index contributed by atoms with van der Waals surface area (Å²) in [5.74, 6) is -0.622. The molecule has 0 bridgehead atoms. The van der Waals surface area contributed by atoms with Crippen LogP contribution in [0.5, 0.6) is 0 Å². The highest BCUT2D eigenvalue weighted by atomic mass is 127. The minimum atomic E-state index is -0.633. The molecule has 0 amide bonds. The molecule has 5 saturated heterocycles. The standard InChI is InChI=1S/C11H13IN2O3.2C11H14N2O3.C10H11FN2O3.C10H12N2O3/c1-7-4-11(13-3-2-8(15)6-13)9(12)5-10(7)14(16)17;1-8-6-9(13(15)16)2-3-11(8)12-5-4-10(14)7-12;1-8-6-9(2-3-11(8)13(15)16)12-5-4-10(14)7-12;11-9-5-7(13(15)16)1-2-10(9)12-4-3-8(14)6-12;13-10-5-6-11(7-10)8-1-3-9(4-2-8)12(14)15/h4-5,8,15H,2-3,6H2,1H3;2*2-3,6,10,14H,4-5,7H2,1H3;1-2,5,8,14H,3-4,6H2;1-4,10,13H,5-7H2. The average molecular weight is 1230 g/mol. The maximum atomic E-state index is 13.6. The largest absolute Gasteiger partial charge is 0.391 e. The third-order valence-corrected chi connectivity index (χ3v) is 14.9. The number of nitrogens with zero attached hydrogens (tertiary/aromatic N) is 10. The number of non-ortho nitro benzene ring substituents is 3. The van der Waals surface area contributed by atoms with Crippen molar-refractivity contribution in [3.63, 3.8) is 0 Å². The van der Waals surface area contributed by atoms with Crippen molar-refractivity contribution in [1.29, 1.82) is 0 Å². The summed E-state index contributed by atoms with van der Waals surface area (Å²) in [6, 6.07) is 23.3. The third kappa shape index (κ3) is 16.8. The van der Waals surface area contributed by atoms with E-state index in [1.54, 1.807) is 61.2 Å². The molecule has 5 N–H and O–H groups in total. The highest BCUT2D eigenvalue weighted by Crippen LogP contribution is 2.34. The van der Waals surface area contributed by atoms with Gasteiger partial charge in [-0.25, -0.2) is 4.39 Å². The van der Waals surface area contributed by atoms with Gasteiger partial charge in [-0.2, -0.15) is 0 Å². The number of nitro groups is 5. The van der Waals surface area contributed by atoms with E-state index in [1.807, 2.05) is 22.8 Å². The first-order valence-corrected chi connectivity index (χ1v) is 26.7. The van der Waals surface area contributed by atoms with Gasteiger partial charge >= 0.3 is 0 Å². The molecule has 0 aliphatic carbocycles. The number of anilines is 5. The average Bonchev–Trinajstić information content (AvgIpc) is 4.29. The quantitative estimate of drug-likeness (QED) is 0.0513. The normalized spacial score (nSPS) is 20.1. The molecule has 10 rings (SSSR count). The van der Waals surface area contributed by atoms with E-state index in [0.717, 1.165) is 89.8 Å². The molecule has 25 nitrogen and oxygen atoms in total. The Morgan fingerprint density at radius 1 is 0.412 bits per heavy atom. The molecule has 5 unspecified atom stereocenters. The molecule has 430 valence electrons. The summed E-state index contributed by atoms with van der Waals surface area (Å²) in [6.07, 6.45) is 2.05. The van der Waals surface area contributed by atoms with Crippen molar-refractivity contribution in [2.24, 2.45) is 0 Å². The summed E-state index contributed by atoms with van der Waals surface area (Å²) in [6.45, 7) is 11.9. The lowest BCUT2D eigenvalue weighted by Gasteiger charge is -2.20. The molecule has 5 heterocycles. The van der Waals surface area contributed by atoms with Gasteiger partial charge in [-0.05, 0) is 123 Å². The van der Waals surface area contributed by atoms with Crippen LogP contribution in [0.2, 0.25) is 0 Å². The van der Waals surface area contributed by atoms with E-state index >= 15 is 0 Å². The van der Waals surface area contributed by atoms with Crippen molar-refractivity contribution in [3.05, 3.63) is 168 Å². The van der Waals surface area contributed by atoms with Crippen LogP contribution in [0.25, 0.3) is 0 Å². The van der Waals surface area contributed by atoms with E-state index in [-0.39, 0.29) is 62.7 Å². The van der Waals surface area contributed by atoms with Crippen LogP contribution in [0.1, 0.15) is 48.8 Å². The van der Waals surface area contributed by atoms with Crippen LogP contribution in [-0.2, 0) is 0 Å². The second-order valence-electron chi connectivity index (χ2n) is 19.9. The van der Waals surface area contributed by atoms with Gasteiger partial charge in [0.15, 0.2) is 5.82 Å². The first-order valence-electron chi connectivity index (χ1n) is 25.7. The Bertz CT molecular complexity index is 2940. The lowest BCUT2D eigenvalue weighted by Crippen LogP contribution is -2.22. The van der Waals surface area contributed by atoms with Crippen LogP contribution in [-0.4, -0.2) is 146 Å². The number of benzene rings is 5. The summed E-state index contributed by atoms with van der Waals surface area (Å²) in [5, 5.41) is 100.0. The maximum Gasteiger partial charge on any atom is 0.273 e. The fraction of sp³-hybridized carbons (Fsp3) is 0.434. The molecular formula is C53H64FIN10O15. The third-order valence-electron chi connectivity index (χ3n) is 14.0. The Balaban J connectivity index is 0.000000161. The fourth-order valence-electron chi connectivity index (χ4n) is 9.73. The Hall–Kier alpha value is -7.44. The second-order valence-corrected chi connectivity index (χ2v) is 21.1. The molecule has 5 aliphatic rings. The van der Waals surface area contributed by atoms with Gasteiger partial charge in [0.1, 0.15) is 0 Å².